The first-order valence-corrected chi connectivity index (χ1v) is 6.45. The fraction of sp³-hybridized carbons (Fsp3) is 0.750. The van der Waals surface area contributed by atoms with Crippen LogP contribution in [-0.2, 0) is 0 Å². The van der Waals surface area contributed by atoms with E-state index in [-0.39, 0.29) is 5.95 Å². The molecule has 1 aromatic heterocycles. The quantitative estimate of drug-likeness (QED) is 0.825. The van der Waals surface area contributed by atoms with Crippen LogP contribution < -0.4 is 15.5 Å². The molecule has 0 spiro atoms. The van der Waals surface area contributed by atoms with Crippen LogP contribution in [0.1, 0.15) is 27.7 Å². The van der Waals surface area contributed by atoms with Gasteiger partial charge in [0.1, 0.15) is 0 Å². The molecule has 0 aliphatic heterocycles. The summed E-state index contributed by atoms with van der Waals surface area (Å²) in [5, 5.41) is 0. The molecule has 0 atom stereocenters. The smallest absolute Gasteiger partial charge is 0.231 e. The minimum atomic E-state index is 0.275. The van der Waals surface area contributed by atoms with Crippen molar-refractivity contribution in [3.05, 3.63) is 0 Å². The zero-order chi connectivity index (χ0) is 13.7. The molecule has 1 heterocycles. The lowest BCUT2D eigenvalue weighted by Crippen LogP contribution is -2.29. The van der Waals surface area contributed by atoms with Crippen molar-refractivity contribution in [3.63, 3.8) is 0 Å². The van der Waals surface area contributed by atoms with Gasteiger partial charge in [0.25, 0.3) is 0 Å². The van der Waals surface area contributed by atoms with E-state index in [1.807, 2.05) is 11.9 Å². The lowest BCUT2D eigenvalue weighted by molar-refractivity contribution is 0.628. The monoisotopic (exact) mass is 252 g/mol. The maximum Gasteiger partial charge on any atom is 0.231 e. The van der Waals surface area contributed by atoms with Crippen LogP contribution in [0.15, 0.2) is 0 Å². The van der Waals surface area contributed by atoms with Crippen molar-refractivity contribution in [2.45, 2.75) is 27.7 Å². The van der Waals surface area contributed by atoms with E-state index in [9.17, 15) is 0 Å². The first-order chi connectivity index (χ1) is 8.47. The number of nitrogens with zero attached hydrogens (tertiary/aromatic N) is 5. The molecule has 1 aromatic rings. The minimum absolute atomic E-state index is 0.275. The molecule has 2 N–H and O–H groups in total. The van der Waals surface area contributed by atoms with Gasteiger partial charge in [-0.05, 0) is 19.8 Å². The molecule has 0 unspecified atom stereocenters. The zero-order valence-electron chi connectivity index (χ0n) is 12.0. The third-order valence-corrected chi connectivity index (χ3v) is 2.66. The van der Waals surface area contributed by atoms with Crippen molar-refractivity contribution in [1.82, 2.24) is 15.0 Å². The summed E-state index contributed by atoms with van der Waals surface area (Å²) >= 11 is 0. The number of hydrogen-bond acceptors (Lipinski definition) is 6. The molecule has 0 bridgehead atoms. The summed E-state index contributed by atoms with van der Waals surface area (Å²) in [4.78, 5) is 16.9. The van der Waals surface area contributed by atoms with E-state index in [4.69, 9.17) is 5.73 Å². The number of nitrogens with two attached hydrogens (primary N) is 1. The largest absolute Gasteiger partial charge is 0.368 e. The first kappa shape index (κ1) is 14.5. The van der Waals surface area contributed by atoms with Crippen LogP contribution in [0.2, 0.25) is 0 Å². The second-order valence-corrected chi connectivity index (χ2v) is 4.74. The van der Waals surface area contributed by atoms with Crippen molar-refractivity contribution < 1.29 is 0 Å². The number of nitrogen functional groups attached to an aromatic ring is 1. The standard InChI is InChI=1S/C12H24N6/c1-6-18(7-2)12-15-10(13)14-11(16-12)17(5)8-9(3)4/h9H,6-8H2,1-5H3,(H2,13,14,15,16). The fourth-order valence-electron chi connectivity index (χ4n) is 1.82. The number of hydrogen-bond donors (Lipinski definition) is 1. The number of aromatic nitrogens is 3. The molecular formula is C12H24N6. The van der Waals surface area contributed by atoms with Gasteiger partial charge in [-0.15, -0.1) is 0 Å². The van der Waals surface area contributed by atoms with E-state index >= 15 is 0 Å². The van der Waals surface area contributed by atoms with E-state index in [0.29, 0.717) is 17.8 Å². The van der Waals surface area contributed by atoms with E-state index in [2.05, 4.69) is 47.5 Å². The molecule has 0 amide bonds. The molecule has 6 nitrogen and oxygen atoms in total. The second-order valence-electron chi connectivity index (χ2n) is 4.74. The molecule has 0 aliphatic carbocycles. The van der Waals surface area contributed by atoms with E-state index in [1.54, 1.807) is 0 Å². The average Bonchev–Trinajstić information content (AvgIpc) is 2.29. The van der Waals surface area contributed by atoms with Crippen molar-refractivity contribution in [3.8, 4) is 0 Å². The molecule has 0 saturated carbocycles. The molecule has 0 aromatic carbocycles. The molecule has 1 rings (SSSR count). The maximum absolute atomic E-state index is 5.76. The molecule has 18 heavy (non-hydrogen) atoms. The van der Waals surface area contributed by atoms with Crippen LogP contribution in [0.25, 0.3) is 0 Å². The third kappa shape index (κ3) is 3.72. The summed E-state index contributed by atoms with van der Waals surface area (Å²) in [6, 6.07) is 0. The minimum Gasteiger partial charge on any atom is -0.368 e. The highest BCUT2D eigenvalue weighted by atomic mass is 15.3. The Hall–Kier alpha value is -1.59. The second kappa shape index (κ2) is 6.37. The highest BCUT2D eigenvalue weighted by molar-refractivity contribution is 5.42. The normalized spacial score (nSPS) is 10.8. The van der Waals surface area contributed by atoms with Crippen LogP contribution in [0.4, 0.5) is 17.8 Å². The summed E-state index contributed by atoms with van der Waals surface area (Å²) in [6.45, 7) is 11.1. The van der Waals surface area contributed by atoms with Gasteiger partial charge in [-0.3, -0.25) is 0 Å². The van der Waals surface area contributed by atoms with Crippen molar-refractivity contribution in [1.29, 1.82) is 0 Å². The zero-order valence-corrected chi connectivity index (χ0v) is 12.0. The van der Waals surface area contributed by atoms with Crippen LogP contribution in [0.5, 0.6) is 0 Å². The lowest BCUT2D eigenvalue weighted by Gasteiger charge is -2.23. The van der Waals surface area contributed by atoms with Gasteiger partial charge in [0, 0.05) is 26.7 Å². The Bertz CT molecular complexity index is 375. The number of rotatable bonds is 6. The van der Waals surface area contributed by atoms with Crippen LogP contribution in [-0.4, -0.2) is 41.6 Å². The Labute approximate surface area is 109 Å². The van der Waals surface area contributed by atoms with Crippen molar-refractivity contribution in [2.24, 2.45) is 5.92 Å². The maximum atomic E-state index is 5.76. The summed E-state index contributed by atoms with van der Waals surface area (Å²) < 4.78 is 0. The Balaban J connectivity index is 2.99. The molecule has 0 radical (unpaired) electrons. The van der Waals surface area contributed by atoms with Crippen molar-refractivity contribution >= 4 is 17.8 Å². The van der Waals surface area contributed by atoms with Crippen LogP contribution in [0, 0.1) is 5.92 Å². The summed E-state index contributed by atoms with van der Waals surface area (Å²) in [6.07, 6.45) is 0. The predicted octanol–water partition coefficient (Wildman–Crippen LogP) is 1.39. The summed E-state index contributed by atoms with van der Waals surface area (Å²) in [5.41, 5.74) is 5.76. The van der Waals surface area contributed by atoms with E-state index < -0.39 is 0 Å². The van der Waals surface area contributed by atoms with Crippen LogP contribution in [0.3, 0.4) is 0 Å². The SMILES string of the molecule is CCN(CC)c1nc(N)nc(N(C)CC(C)C)n1. The Morgan fingerprint density at radius 3 is 2.11 bits per heavy atom. The first-order valence-electron chi connectivity index (χ1n) is 6.45. The molecular weight excluding hydrogens is 228 g/mol. The highest BCUT2D eigenvalue weighted by Gasteiger charge is 2.13. The van der Waals surface area contributed by atoms with E-state index in [1.165, 1.54) is 0 Å². The Morgan fingerprint density at radius 2 is 1.61 bits per heavy atom. The van der Waals surface area contributed by atoms with Gasteiger partial charge in [-0.2, -0.15) is 15.0 Å². The molecule has 102 valence electrons. The summed E-state index contributed by atoms with van der Waals surface area (Å²) in [5.74, 6) is 2.11. The molecule has 6 heteroatoms. The highest BCUT2D eigenvalue weighted by Crippen LogP contribution is 2.14. The fourth-order valence-corrected chi connectivity index (χ4v) is 1.82. The van der Waals surface area contributed by atoms with E-state index in [0.717, 1.165) is 19.6 Å². The summed E-state index contributed by atoms with van der Waals surface area (Å²) in [7, 11) is 1.97. The molecule has 0 fully saturated rings. The average molecular weight is 252 g/mol. The third-order valence-electron chi connectivity index (χ3n) is 2.66. The Kier molecular flexibility index (Phi) is 5.12. The van der Waals surface area contributed by atoms with Gasteiger partial charge in [-0.25, -0.2) is 0 Å². The lowest BCUT2D eigenvalue weighted by atomic mass is 10.2. The van der Waals surface area contributed by atoms with Crippen LogP contribution >= 0.6 is 0 Å². The van der Waals surface area contributed by atoms with Gasteiger partial charge in [0.05, 0.1) is 0 Å². The predicted molar refractivity (Wildman–Crippen MR) is 75.9 cm³/mol. The molecule has 0 aliphatic rings. The Morgan fingerprint density at radius 1 is 1.06 bits per heavy atom. The molecule has 0 saturated heterocycles. The topological polar surface area (TPSA) is 71.2 Å². The van der Waals surface area contributed by atoms with Gasteiger partial charge < -0.3 is 15.5 Å². The van der Waals surface area contributed by atoms with Gasteiger partial charge >= 0.3 is 0 Å². The van der Waals surface area contributed by atoms with Gasteiger partial charge in [0.15, 0.2) is 0 Å². The van der Waals surface area contributed by atoms with Gasteiger partial charge in [-0.1, -0.05) is 13.8 Å². The number of anilines is 3. The van der Waals surface area contributed by atoms with Crippen molar-refractivity contribution in [2.75, 3.05) is 42.2 Å². The van der Waals surface area contributed by atoms with Gasteiger partial charge in [0.2, 0.25) is 17.8 Å².